The molecule has 1 aromatic carbocycles. The summed E-state index contributed by atoms with van der Waals surface area (Å²) < 4.78 is 10.7. The minimum absolute atomic E-state index is 0.00886. The topological polar surface area (TPSA) is 89.9 Å². The number of ether oxygens (including phenoxy) is 2. The molecule has 0 bridgehead atoms. The van der Waals surface area contributed by atoms with Crippen LogP contribution in [0.3, 0.4) is 0 Å². The van der Waals surface area contributed by atoms with Crippen LogP contribution in [0.15, 0.2) is 28.7 Å². The zero-order chi connectivity index (χ0) is 18.3. The second-order valence-corrected chi connectivity index (χ2v) is 6.18. The van der Waals surface area contributed by atoms with Crippen LogP contribution >= 0.6 is 15.9 Å². The monoisotopic (exact) mass is 400 g/mol. The first-order valence-corrected chi connectivity index (χ1v) is 8.36. The Labute approximate surface area is 149 Å². The van der Waals surface area contributed by atoms with E-state index in [1.807, 2.05) is 0 Å². The van der Waals surface area contributed by atoms with Gasteiger partial charge < -0.3 is 14.6 Å². The average molecular weight is 401 g/mol. The van der Waals surface area contributed by atoms with Crippen LogP contribution in [0, 0.1) is 0 Å². The molecule has 0 spiro atoms. The van der Waals surface area contributed by atoms with Gasteiger partial charge in [0.25, 0.3) is 0 Å². The third-order valence-corrected chi connectivity index (χ3v) is 3.88. The highest BCUT2D eigenvalue weighted by atomic mass is 79.9. The summed E-state index contributed by atoms with van der Waals surface area (Å²) in [5.41, 5.74) is -1.98. The number of hydrogen-bond donors (Lipinski definition) is 1. The lowest BCUT2D eigenvalue weighted by Gasteiger charge is -2.32. The predicted octanol–water partition coefficient (Wildman–Crippen LogP) is 2.37. The molecule has 0 saturated carbocycles. The molecular formula is C17H21BrO6. The number of ketones is 1. The standard InChI is InChI=1S/C17H21BrO6/c1-4-23-15(20)14(12-6-8-13(18)9-7-12)17(22,10-11(3)19)16(21)24-5-2/h6-9,14,22H,4-5,10H2,1-3H3/t14-,17-/m1/s1. The summed E-state index contributed by atoms with van der Waals surface area (Å²) in [6.45, 7) is 4.50. The van der Waals surface area contributed by atoms with Crippen molar-refractivity contribution in [3.05, 3.63) is 34.3 Å². The fourth-order valence-electron chi connectivity index (χ4n) is 2.42. The van der Waals surface area contributed by atoms with E-state index in [-0.39, 0.29) is 13.2 Å². The normalized spacial score (nSPS) is 14.4. The van der Waals surface area contributed by atoms with Crippen molar-refractivity contribution >= 4 is 33.7 Å². The Morgan fingerprint density at radius 2 is 1.67 bits per heavy atom. The van der Waals surface area contributed by atoms with Crippen LogP contribution in [0.5, 0.6) is 0 Å². The van der Waals surface area contributed by atoms with Gasteiger partial charge in [-0.05, 0) is 38.5 Å². The van der Waals surface area contributed by atoms with Gasteiger partial charge in [-0.3, -0.25) is 9.59 Å². The highest BCUT2D eigenvalue weighted by molar-refractivity contribution is 9.10. The zero-order valence-corrected chi connectivity index (χ0v) is 15.5. The number of esters is 2. The second kappa shape index (κ2) is 8.94. The molecule has 0 fully saturated rings. The van der Waals surface area contributed by atoms with E-state index in [1.165, 1.54) is 6.92 Å². The summed E-state index contributed by atoms with van der Waals surface area (Å²) >= 11 is 3.28. The predicted molar refractivity (Wildman–Crippen MR) is 90.4 cm³/mol. The van der Waals surface area contributed by atoms with E-state index >= 15 is 0 Å². The summed E-state index contributed by atoms with van der Waals surface area (Å²) in [5.74, 6) is -3.64. The number of rotatable bonds is 8. The largest absolute Gasteiger partial charge is 0.465 e. The van der Waals surface area contributed by atoms with Crippen LogP contribution in [-0.2, 0) is 23.9 Å². The minimum Gasteiger partial charge on any atom is -0.465 e. The van der Waals surface area contributed by atoms with Crippen LogP contribution in [0.1, 0.15) is 38.7 Å². The van der Waals surface area contributed by atoms with Gasteiger partial charge in [-0.2, -0.15) is 0 Å². The minimum atomic E-state index is -2.33. The molecule has 24 heavy (non-hydrogen) atoms. The first-order valence-electron chi connectivity index (χ1n) is 7.57. The molecule has 0 heterocycles. The second-order valence-electron chi connectivity index (χ2n) is 5.26. The van der Waals surface area contributed by atoms with Gasteiger partial charge >= 0.3 is 11.9 Å². The SMILES string of the molecule is CCOC(=O)[C@@H](c1ccc(Br)cc1)[C@](O)(CC(C)=O)C(=O)OCC. The van der Waals surface area contributed by atoms with Crippen LogP contribution < -0.4 is 0 Å². The first kappa shape index (κ1) is 20.3. The molecule has 132 valence electrons. The van der Waals surface area contributed by atoms with Gasteiger partial charge in [0.05, 0.1) is 13.2 Å². The lowest BCUT2D eigenvalue weighted by molar-refractivity contribution is -0.177. The van der Waals surface area contributed by atoms with Gasteiger partial charge in [-0.25, -0.2) is 4.79 Å². The van der Waals surface area contributed by atoms with Crippen molar-refractivity contribution in [3.8, 4) is 0 Å². The van der Waals surface area contributed by atoms with Crippen LogP contribution in [0.2, 0.25) is 0 Å². The highest BCUT2D eigenvalue weighted by Gasteiger charge is 2.51. The molecule has 0 unspecified atom stereocenters. The lowest BCUT2D eigenvalue weighted by atomic mass is 9.78. The number of benzene rings is 1. The van der Waals surface area contributed by atoms with Crippen LogP contribution in [0.4, 0.5) is 0 Å². The summed E-state index contributed by atoms with van der Waals surface area (Å²) in [4.78, 5) is 36.4. The maximum Gasteiger partial charge on any atom is 0.339 e. The quantitative estimate of drug-likeness (QED) is 0.673. The Morgan fingerprint density at radius 1 is 1.12 bits per heavy atom. The number of hydrogen-bond acceptors (Lipinski definition) is 6. The molecule has 1 aromatic rings. The smallest absolute Gasteiger partial charge is 0.339 e. The number of carbonyl (C=O) groups is 3. The number of aliphatic hydroxyl groups is 1. The number of Topliss-reactive ketones (excluding diaryl/α,β-unsaturated/α-hetero) is 1. The van der Waals surface area contributed by atoms with Crippen molar-refractivity contribution in [3.63, 3.8) is 0 Å². The van der Waals surface area contributed by atoms with Crippen LogP contribution in [0.25, 0.3) is 0 Å². The van der Waals surface area contributed by atoms with E-state index in [4.69, 9.17) is 9.47 Å². The molecule has 0 radical (unpaired) electrons. The van der Waals surface area contributed by atoms with E-state index in [9.17, 15) is 19.5 Å². The number of carbonyl (C=O) groups excluding carboxylic acids is 3. The molecule has 2 atom stereocenters. The van der Waals surface area contributed by atoms with Crippen molar-refractivity contribution in [2.24, 2.45) is 0 Å². The van der Waals surface area contributed by atoms with Gasteiger partial charge in [-0.15, -0.1) is 0 Å². The van der Waals surface area contributed by atoms with Crippen LogP contribution in [-0.4, -0.2) is 41.6 Å². The van der Waals surface area contributed by atoms with Crippen molar-refractivity contribution < 1.29 is 29.0 Å². The van der Waals surface area contributed by atoms with Gasteiger partial charge in [0.1, 0.15) is 11.7 Å². The third kappa shape index (κ3) is 4.88. The molecule has 0 aromatic heterocycles. The van der Waals surface area contributed by atoms with E-state index < -0.39 is 35.7 Å². The van der Waals surface area contributed by atoms with E-state index in [0.29, 0.717) is 5.56 Å². The molecular weight excluding hydrogens is 380 g/mol. The first-order chi connectivity index (χ1) is 11.3. The highest BCUT2D eigenvalue weighted by Crippen LogP contribution is 2.35. The molecule has 0 saturated heterocycles. The fraction of sp³-hybridized carbons (Fsp3) is 0.471. The Morgan fingerprint density at radius 3 is 2.12 bits per heavy atom. The van der Waals surface area contributed by atoms with E-state index in [2.05, 4.69) is 15.9 Å². The maximum atomic E-state index is 12.5. The third-order valence-electron chi connectivity index (χ3n) is 3.35. The number of halogens is 1. The molecule has 1 N–H and O–H groups in total. The van der Waals surface area contributed by atoms with Crippen molar-refractivity contribution in [1.29, 1.82) is 0 Å². The molecule has 0 aliphatic rings. The summed E-state index contributed by atoms with van der Waals surface area (Å²) in [6.07, 6.45) is -0.550. The molecule has 6 nitrogen and oxygen atoms in total. The summed E-state index contributed by atoms with van der Waals surface area (Å²) in [6, 6.07) is 6.49. The lowest BCUT2D eigenvalue weighted by Crippen LogP contribution is -2.50. The van der Waals surface area contributed by atoms with Gasteiger partial charge in [0, 0.05) is 10.9 Å². The maximum absolute atomic E-state index is 12.5. The Kier molecular flexibility index (Phi) is 7.57. The summed E-state index contributed by atoms with van der Waals surface area (Å²) in [7, 11) is 0. The van der Waals surface area contributed by atoms with Gasteiger partial charge in [0.2, 0.25) is 0 Å². The Hall–Kier alpha value is -1.73. The molecule has 7 heteroatoms. The van der Waals surface area contributed by atoms with E-state index in [1.54, 1.807) is 38.1 Å². The Balaban J connectivity index is 3.44. The molecule has 0 amide bonds. The van der Waals surface area contributed by atoms with E-state index in [0.717, 1.165) is 4.47 Å². The van der Waals surface area contributed by atoms with Crippen molar-refractivity contribution in [2.75, 3.05) is 13.2 Å². The molecule has 1 rings (SSSR count). The molecule has 0 aliphatic carbocycles. The van der Waals surface area contributed by atoms with Gasteiger partial charge in [0.15, 0.2) is 5.60 Å². The summed E-state index contributed by atoms with van der Waals surface area (Å²) in [5, 5.41) is 11.0. The fourth-order valence-corrected chi connectivity index (χ4v) is 2.68. The molecule has 0 aliphatic heterocycles. The van der Waals surface area contributed by atoms with Gasteiger partial charge in [-0.1, -0.05) is 28.1 Å². The Bertz CT molecular complexity index is 598. The zero-order valence-electron chi connectivity index (χ0n) is 13.9. The van der Waals surface area contributed by atoms with Crippen molar-refractivity contribution in [2.45, 2.75) is 38.7 Å². The van der Waals surface area contributed by atoms with Crippen molar-refractivity contribution in [1.82, 2.24) is 0 Å². The average Bonchev–Trinajstić information content (AvgIpc) is 2.49.